The van der Waals surface area contributed by atoms with Crippen molar-refractivity contribution >= 4 is 44.7 Å². The van der Waals surface area contributed by atoms with Gasteiger partial charge in [0, 0.05) is 23.3 Å². The Morgan fingerprint density at radius 1 is 1.07 bits per heavy atom. The monoisotopic (exact) mass is 771 g/mol. The molecule has 1 saturated heterocycles. The number of fused-ring (bicyclic) bond motifs is 7. The van der Waals surface area contributed by atoms with Crippen molar-refractivity contribution in [3.8, 4) is 22.8 Å². The number of sulfonamides is 1. The number of amides is 4. The van der Waals surface area contributed by atoms with E-state index in [0.717, 1.165) is 10.9 Å². The summed E-state index contributed by atoms with van der Waals surface area (Å²) in [7, 11) is -3.91. The maximum absolute atomic E-state index is 14.7. The molecule has 3 N–H and O–H groups in total. The number of aromatic nitrogens is 1. The number of hydrogen-bond acceptors (Lipinski definition) is 10. The van der Waals surface area contributed by atoms with Crippen molar-refractivity contribution in [3.05, 3.63) is 67.3 Å². The number of para-hydroxylation sites is 1. The third-order valence-electron chi connectivity index (χ3n) is 11.2. The van der Waals surface area contributed by atoms with E-state index in [-0.39, 0.29) is 26.0 Å². The van der Waals surface area contributed by atoms with Crippen molar-refractivity contribution in [1.82, 2.24) is 25.2 Å². The summed E-state index contributed by atoms with van der Waals surface area (Å²) in [5.41, 5.74) is -0.999. The van der Waals surface area contributed by atoms with Crippen LogP contribution in [0.5, 0.6) is 11.6 Å². The number of nitrogens with zero attached hydrogens (tertiary/aromatic N) is 2. The van der Waals surface area contributed by atoms with Gasteiger partial charge in [-0.1, -0.05) is 57.2 Å². The average molecular weight is 772 g/mol. The first-order chi connectivity index (χ1) is 26.1. The highest BCUT2D eigenvalue weighted by molar-refractivity contribution is 7.91. The quantitative estimate of drug-likeness (QED) is 0.310. The van der Waals surface area contributed by atoms with Gasteiger partial charge in [-0.3, -0.25) is 19.1 Å². The molecule has 1 spiro atoms. The summed E-state index contributed by atoms with van der Waals surface area (Å²) in [6.45, 7) is 9.07. The van der Waals surface area contributed by atoms with Crippen molar-refractivity contribution < 1.29 is 41.8 Å². The molecule has 8 rings (SSSR count). The van der Waals surface area contributed by atoms with Crippen LogP contribution in [0.15, 0.2) is 67.3 Å². The van der Waals surface area contributed by atoms with Gasteiger partial charge < -0.3 is 29.7 Å². The smallest absolute Gasteiger partial charge is 0.407 e. The lowest BCUT2D eigenvalue weighted by atomic mass is 9.85. The summed E-state index contributed by atoms with van der Waals surface area (Å²) in [6, 6.07) is 14.8. The Morgan fingerprint density at radius 3 is 2.53 bits per heavy atom. The van der Waals surface area contributed by atoms with Crippen LogP contribution in [-0.2, 0) is 29.1 Å². The molecule has 4 fully saturated rings. The Labute approximate surface area is 319 Å². The van der Waals surface area contributed by atoms with Crippen LogP contribution >= 0.6 is 0 Å². The van der Waals surface area contributed by atoms with Crippen LogP contribution in [0.4, 0.5) is 4.79 Å². The van der Waals surface area contributed by atoms with Gasteiger partial charge in [-0.2, -0.15) is 0 Å². The number of carbonyl (C=O) groups excluding carboxylic acids is 4. The molecule has 2 unspecified atom stereocenters. The fourth-order valence-corrected chi connectivity index (χ4v) is 8.87. The maximum atomic E-state index is 14.7. The van der Waals surface area contributed by atoms with Crippen LogP contribution in [0.25, 0.3) is 22.0 Å². The zero-order valence-electron chi connectivity index (χ0n) is 31.0. The molecular weight excluding hydrogens is 727 g/mol. The third kappa shape index (κ3) is 7.21. The first-order valence-electron chi connectivity index (χ1n) is 18.7. The van der Waals surface area contributed by atoms with Gasteiger partial charge in [0.1, 0.15) is 41.7 Å². The van der Waals surface area contributed by atoms with Crippen molar-refractivity contribution in [1.29, 1.82) is 0 Å². The maximum Gasteiger partial charge on any atom is 0.407 e. The number of cyclic esters (lactones) is 1. The summed E-state index contributed by atoms with van der Waals surface area (Å²) in [6.07, 6.45) is 2.35. The van der Waals surface area contributed by atoms with Gasteiger partial charge in [0.05, 0.1) is 17.3 Å². The number of rotatable bonds is 6. The van der Waals surface area contributed by atoms with Gasteiger partial charge in [0.25, 0.3) is 5.91 Å². The highest BCUT2D eigenvalue weighted by Crippen LogP contribution is 2.46. The summed E-state index contributed by atoms with van der Waals surface area (Å²) in [5.74, 6) is -1.72. The summed E-state index contributed by atoms with van der Waals surface area (Å²) in [5, 5.41) is 5.79. The van der Waals surface area contributed by atoms with E-state index in [4.69, 9.17) is 19.2 Å². The number of benzene rings is 2. The zero-order valence-corrected chi connectivity index (χ0v) is 31.8. The van der Waals surface area contributed by atoms with E-state index in [1.54, 1.807) is 20.8 Å². The number of alkyl carbamates (subject to hydrolysis) is 1. The molecule has 15 heteroatoms. The molecule has 3 heterocycles. The second kappa shape index (κ2) is 13.2. The van der Waals surface area contributed by atoms with Gasteiger partial charge in [-0.05, 0) is 67.3 Å². The second-order valence-electron chi connectivity index (χ2n) is 16.5. The lowest BCUT2D eigenvalue weighted by molar-refractivity contribution is -0.142. The van der Waals surface area contributed by atoms with Gasteiger partial charge in [0.15, 0.2) is 0 Å². The van der Waals surface area contributed by atoms with E-state index in [2.05, 4.69) is 21.9 Å². The molecule has 14 nitrogen and oxygen atoms in total. The Hall–Kier alpha value is -5.18. The van der Waals surface area contributed by atoms with E-state index in [1.165, 1.54) is 11.0 Å². The largest absolute Gasteiger partial charge is 0.484 e. The standard InChI is InChI=1S/C40H45N5O9S/c1-5-25-20-40(25,36(48)44-55(50,51)28-13-14-28)43-33(46)31-19-27-21-45(31)35(47)32(38(2,3)4)42-37(49)52-22-39(15-16-39)54-26-11-8-10-23(17-26)29-18-24-9-6-7-12-30(24)41-34(29)53-27/h5-12,17-18,25,27-28,31-32H,1,13-16,19-22H2,2-4H3,(H,42,49)(H,43,46)(H,44,48)/t25-,27?,31+,32+,40?/m1/s1. The lowest BCUT2D eigenvalue weighted by Crippen LogP contribution is -2.60. The van der Waals surface area contributed by atoms with Gasteiger partial charge in [-0.15, -0.1) is 6.58 Å². The minimum atomic E-state index is -3.91. The fourth-order valence-electron chi connectivity index (χ4n) is 7.51. The number of nitrogens with one attached hydrogen (secondary N) is 3. The number of carbonyl (C=O) groups is 4. The minimum Gasteiger partial charge on any atom is -0.484 e. The van der Waals surface area contributed by atoms with Crippen LogP contribution in [0.2, 0.25) is 0 Å². The Kier molecular flexibility index (Phi) is 8.85. The number of ether oxygens (including phenoxy) is 3. The third-order valence-corrected chi connectivity index (χ3v) is 13.0. The Morgan fingerprint density at radius 2 is 1.84 bits per heavy atom. The predicted molar refractivity (Wildman–Crippen MR) is 201 cm³/mol. The van der Waals surface area contributed by atoms with Crippen LogP contribution in [0.1, 0.15) is 59.3 Å². The molecule has 0 radical (unpaired) electrons. The topological polar surface area (TPSA) is 182 Å². The molecule has 4 bridgehead atoms. The zero-order chi connectivity index (χ0) is 38.9. The molecule has 2 aliphatic heterocycles. The van der Waals surface area contributed by atoms with Crippen LogP contribution in [0, 0.1) is 11.3 Å². The molecule has 5 aliphatic rings. The van der Waals surface area contributed by atoms with E-state index in [0.29, 0.717) is 48.4 Å². The molecule has 5 atom stereocenters. The van der Waals surface area contributed by atoms with Crippen molar-refractivity contribution in [3.63, 3.8) is 0 Å². The molecular formula is C40H45N5O9S. The minimum absolute atomic E-state index is 0.00925. The van der Waals surface area contributed by atoms with E-state index in [9.17, 15) is 27.6 Å². The summed E-state index contributed by atoms with van der Waals surface area (Å²) in [4.78, 5) is 62.2. The first-order valence-corrected chi connectivity index (χ1v) is 20.2. The van der Waals surface area contributed by atoms with Crippen molar-refractivity contribution in [2.24, 2.45) is 11.3 Å². The summed E-state index contributed by atoms with van der Waals surface area (Å²) >= 11 is 0. The fraction of sp³-hybridized carbons (Fsp3) is 0.475. The highest BCUT2D eigenvalue weighted by atomic mass is 32.2. The van der Waals surface area contributed by atoms with Crippen LogP contribution < -0.4 is 24.8 Å². The molecule has 3 aromatic rings. The molecule has 1 aromatic heterocycles. The number of pyridine rings is 1. The van der Waals surface area contributed by atoms with Crippen LogP contribution in [0.3, 0.4) is 0 Å². The predicted octanol–water partition coefficient (Wildman–Crippen LogP) is 3.99. The van der Waals surface area contributed by atoms with E-state index in [1.807, 2.05) is 54.6 Å². The second-order valence-corrected chi connectivity index (χ2v) is 18.5. The van der Waals surface area contributed by atoms with E-state index < -0.39 is 79.7 Å². The highest BCUT2D eigenvalue weighted by Gasteiger charge is 2.62. The van der Waals surface area contributed by atoms with Crippen molar-refractivity contribution in [2.75, 3.05) is 13.2 Å². The average Bonchev–Trinajstić information content (AvgIpc) is 4.06. The Balaban J connectivity index is 1.17. The lowest BCUT2D eigenvalue weighted by Gasteiger charge is -2.35. The van der Waals surface area contributed by atoms with E-state index >= 15 is 0 Å². The Bertz CT molecular complexity index is 2210. The van der Waals surface area contributed by atoms with Gasteiger partial charge in [0.2, 0.25) is 27.7 Å². The SMILES string of the molecule is C=C[C@@H]1CC1(NC(=O)[C@@H]1CC2CN1C(=O)[C@@H](C(C)(C)C)NC(=O)OCC1(CC1)Oc1cccc(c1)-c1cc3ccccc3nc1O2)C(=O)NS(=O)(=O)C1CC1. The number of hydrogen-bond donors (Lipinski definition) is 3. The van der Waals surface area contributed by atoms with Gasteiger partial charge in [-0.25, -0.2) is 18.2 Å². The van der Waals surface area contributed by atoms with Crippen LogP contribution in [-0.4, -0.2) is 89.8 Å². The molecule has 2 aromatic carbocycles. The van der Waals surface area contributed by atoms with Crippen molar-refractivity contribution in [2.45, 2.75) is 93.9 Å². The first kappa shape index (κ1) is 36.8. The molecule has 3 saturated carbocycles. The molecule has 3 aliphatic carbocycles. The molecule has 55 heavy (non-hydrogen) atoms. The molecule has 290 valence electrons. The molecule has 4 amide bonds. The van der Waals surface area contributed by atoms with Gasteiger partial charge >= 0.3 is 6.09 Å². The summed E-state index contributed by atoms with van der Waals surface area (Å²) < 4.78 is 46.4. The normalized spacial score (nSPS) is 27.4.